The SMILES string of the molecule is O=[N+]([O-])c1ccccc1Oc1ccc(CO)cc1Br. The third kappa shape index (κ3) is 3.10. The van der Waals surface area contributed by atoms with Crippen molar-refractivity contribution >= 4 is 21.6 Å². The van der Waals surface area contributed by atoms with Crippen molar-refractivity contribution in [1.82, 2.24) is 0 Å². The molecule has 0 radical (unpaired) electrons. The molecule has 98 valence electrons. The largest absolute Gasteiger partial charge is 0.449 e. The van der Waals surface area contributed by atoms with E-state index in [0.29, 0.717) is 10.2 Å². The molecular weight excluding hydrogens is 314 g/mol. The first-order chi connectivity index (χ1) is 9.11. The molecule has 0 bridgehead atoms. The molecule has 2 aromatic rings. The first-order valence-electron chi connectivity index (χ1n) is 5.42. The fourth-order valence-corrected chi connectivity index (χ4v) is 2.05. The van der Waals surface area contributed by atoms with Crippen LogP contribution in [0.4, 0.5) is 5.69 Å². The molecular formula is C13H10BrNO4. The maximum absolute atomic E-state index is 10.9. The van der Waals surface area contributed by atoms with Crippen LogP contribution in [0.5, 0.6) is 11.5 Å². The Morgan fingerprint density at radius 1 is 1.21 bits per heavy atom. The van der Waals surface area contributed by atoms with Gasteiger partial charge in [0.1, 0.15) is 5.75 Å². The Morgan fingerprint density at radius 3 is 2.58 bits per heavy atom. The zero-order valence-corrected chi connectivity index (χ0v) is 11.3. The van der Waals surface area contributed by atoms with Gasteiger partial charge in [-0.1, -0.05) is 18.2 Å². The summed E-state index contributed by atoms with van der Waals surface area (Å²) < 4.78 is 6.15. The molecule has 0 saturated heterocycles. The summed E-state index contributed by atoms with van der Waals surface area (Å²) in [6, 6.07) is 11.2. The number of hydrogen-bond acceptors (Lipinski definition) is 4. The summed E-state index contributed by atoms with van der Waals surface area (Å²) in [4.78, 5) is 10.4. The van der Waals surface area contributed by atoms with E-state index in [2.05, 4.69) is 15.9 Å². The van der Waals surface area contributed by atoms with E-state index < -0.39 is 4.92 Å². The van der Waals surface area contributed by atoms with E-state index in [1.165, 1.54) is 12.1 Å². The quantitative estimate of drug-likeness (QED) is 0.688. The van der Waals surface area contributed by atoms with Crippen LogP contribution in [0.25, 0.3) is 0 Å². The van der Waals surface area contributed by atoms with Crippen LogP contribution in [-0.2, 0) is 6.61 Å². The average Bonchev–Trinajstić information content (AvgIpc) is 2.41. The number of benzene rings is 2. The summed E-state index contributed by atoms with van der Waals surface area (Å²) in [7, 11) is 0. The van der Waals surface area contributed by atoms with E-state index in [0.717, 1.165) is 5.56 Å². The molecule has 5 nitrogen and oxygen atoms in total. The maximum atomic E-state index is 10.9. The van der Waals surface area contributed by atoms with E-state index in [9.17, 15) is 10.1 Å². The number of nitro groups is 1. The molecule has 0 aromatic heterocycles. The Kier molecular flexibility index (Phi) is 4.13. The number of nitro benzene ring substituents is 1. The Balaban J connectivity index is 2.34. The molecule has 0 aliphatic carbocycles. The minimum Gasteiger partial charge on any atom is -0.449 e. The van der Waals surface area contributed by atoms with E-state index >= 15 is 0 Å². The van der Waals surface area contributed by atoms with Crippen molar-refractivity contribution in [2.24, 2.45) is 0 Å². The topological polar surface area (TPSA) is 72.6 Å². The van der Waals surface area contributed by atoms with Crippen LogP contribution in [0, 0.1) is 10.1 Å². The standard InChI is InChI=1S/C13H10BrNO4/c14-10-7-9(8-16)5-6-12(10)19-13-4-2-1-3-11(13)15(17)18/h1-7,16H,8H2. The van der Waals surface area contributed by atoms with Gasteiger partial charge in [0.2, 0.25) is 5.75 Å². The second-order valence-corrected chi connectivity index (χ2v) is 4.60. The van der Waals surface area contributed by atoms with Gasteiger partial charge in [-0.3, -0.25) is 10.1 Å². The molecule has 0 heterocycles. The lowest BCUT2D eigenvalue weighted by Gasteiger charge is -2.08. The molecule has 0 unspecified atom stereocenters. The normalized spacial score (nSPS) is 10.2. The lowest BCUT2D eigenvalue weighted by atomic mass is 10.2. The molecule has 0 atom stereocenters. The molecule has 0 spiro atoms. The Labute approximate surface area is 117 Å². The van der Waals surface area contributed by atoms with Crippen molar-refractivity contribution in [1.29, 1.82) is 0 Å². The smallest absolute Gasteiger partial charge is 0.311 e. The van der Waals surface area contributed by atoms with Crippen LogP contribution in [-0.4, -0.2) is 10.0 Å². The van der Waals surface area contributed by atoms with Gasteiger partial charge in [-0.05, 0) is 39.7 Å². The molecule has 2 aromatic carbocycles. The van der Waals surface area contributed by atoms with E-state index in [1.54, 1.807) is 30.3 Å². The van der Waals surface area contributed by atoms with Crippen LogP contribution < -0.4 is 4.74 Å². The van der Waals surface area contributed by atoms with Crippen LogP contribution in [0.3, 0.4) is 0 Å². The number of rotatable bonds is 4. The summed E-state index contributed by atoms with van der Waals surface area (Å²) in [5.41, 5.74) is 0.627. The van der Waals surface area contributed by atoms with Crippen LogP contribution in [0.1, 0.15) is 5.56 Å². The highest BCUT2D eigenvalue weighted by molar-refractivity contribution is 9.10. The van der Waals surface area contributed by atoms with Gasteiger partial charge in [0, 0.05) is 6.07 Å². The molecule has 1 N–H and O–H groups in total. The number of nitrogens with zero attached hydrogens (tertiary/aromatic N) is 1. The molecule has 0 fully saturated rings. The highest BCUT2D eigenvalue weighted by Crippen LogP contribution is 2.35. The molecule has 19 heavy (non-hydrogen) atoms. The number of para-hydroxylation sites is 2. The first-order valence-corrected chi connectivity index (χ1v) is 6.21. The summed E-state index contributed by atoms with van der Waals surface area (Å²) in [6.45, 7) is -0.0790. The van der Waals surface area contributed by atoms with Gasteiger partial charge in [0.15, 0.2) is 0 Å². The Hall–Kier alpha value is -1.92. The Morgan fingerprint density at radius 2 is 1.95 bits per heavy atom. The molecule has 0 saturated carbocycles. The van der Waals surface area contributed by atoms with Gasteiger partial charge in [0.05, 0.1) is 16.0 Å². The van der Waals surface area contributed by atoms with Crippen LogP contribution in [0.15, 0.2) is 46.9 Å². The minimum absolute atomic E-state index is 0.0790. The third-order valence-corrected chi connectivity index (χ3v) is 3.08. The van der Waals surface area contributed by atoms with E-state index in [-0.39, 0.29) is 18.0 Å². The monoisotopic (exact) mass is 323 g/mol. The van der Waals surface area contributed by atoms with Gasteiger partial charge in [-0.2, -0.15) is 0 Å². The zero-order valence-electron chi connectivity index (χ0n) is 9.75. The summed E-state index contributed by atoms with van der Waals surface area (Å²) in [6.07, 6.45) is 0. The van der Waals surface area contributed by atoms with Gasteiger partial charge in [-0.15, -0.1) is 0 Å². The lowest BCUT2D eigenvalue weighted by Crippen LogP contribution is -1.94. The average molecular weight is 324 g/mol. The van der Waals surface area contributed by atoms with E-state index in [1.807, 2.05) is 0 Å². The Bertz CT molecular complexity index is 615. The number of ether oxygens (including phenoxy) is 1. The van der Waals surface area contributed by atoms with Gasteiger partial charge in [-0.25, -0.2) is 0 Å². The number of aliphatic hydroxyl groups is 1. The fourth-order valence-electron chi connectivity index (χ4n) is 1.54. The van der Waals surface area contributed by atoms with Crippen molar-refractivity contribution < 1.29 is 14.8 Å². The number of halogens is 1. The van der Waals surface area contributed by atoms with Crippen molar-refractivity contribution in [3.05, 3.63) is 62.6 Å². The molecule has 0 amide bonds. The number of hydrogen-bond donors (Lipinski definition) is 1. The van der Waals surface area contributed by atoms with Gasteiger partial charge >= 0.3 is 5.69 Å². The molecule has 0 aliphatic rings. The third-order valence-electron chi connectivity index (χ3n) is 2.46. The van der Waals surface area contributed by atoms with Crippen molar-refractivity contribution in [2.75, 3.05) is 0 Å². The lowest BCUT2D eigenvalue weighted by molar-refractivity contribution is -0.385. The molecule has 0 aliphatic heterocycles. The number of aliphatic hydroxyl groups excluding tert-OH is 1. The summed E-state index contributed by atoms with van der Waals surface area (Å²) in [5.74, 6) is 0.622. The van der Waals surface area contributed by atoms with Crippen molar-refractivity contribution in [3.8, 4) is 11.5 Å². The molecule has 2 rings (SSSR count). The fraction of sp³-hybridized carbons (Fsp3) is 0.0769. The second-order valence-electron chi connectivity index (χ2n) is 3.75. The van der Waals surface area contributed by atoms with Gasteiger partial charge < -0.3 is 9.84 Å². The zero-order chi connectivity index (χ0) is 13.8. The summed E-state index contributed by atoms with van der Waals surface area (Å²) >= 11 is 3.30. The predicted molar refractivity (Wildman–Crippen MR) is 73.2 cm³/mol. The van der Waals surface area contributed by atoms with Crippen LogP contribution in [0.2, 0.25) is 0 Å². The second kappa shape index (κ2) is 5.81. The highest BCUT2D eigenvalue weighted by atomic mass is 79.9. The molecule has 6 heteroatoms. The summed E-state index contributed by atoms with van der Waals surface area (Å²) in [5, 5.41) is 19.9. The maximum Gasteiger partial charge on any atom is 0.311 e. The van der Waals surface area contributed by atoms with E-state index in [4.69, 9.17) is 9.84 Å². The minimum atomic E-state index is -0.495. The predicted octanol–water partition coefficient (Wildman–Crippen LogP) is 3.64. The van der Waals surface area contributed by atoms with Crippen molar-refractivity contribution in [2.45, 2.75) is 6.61 Å². The first kappa shape index (κ1) is 13.5. The van der Waals surface area contributed by atoms with Crippen molar-refractivity contribution in [3.63, 3.8) is 0 Å². The highest BCUT2D eigenvalue weighted by Gasteiger charge is 2.15. The van der Waals surface area contributed by atoms with Crippen LogP contribution >= 0.6 is 15.9 Å². The van der Waals surface area contributed by atoms with Gasteiger partial charge in [0.25, 0.3) is 0 Å².